The number of aromatic nitrogens is 2. The van der Waals surface area contributed by atoms with Gasteiger partial charge < -0.3 is 10.0 Å². The lowest BCUT2D eigenvalue weighted by Crippen LogP contribution is -2.11. The Balaban J connectivity index is 0.000000159. The molecule has 35 heavy (non-hydrogen) atoms. The first-order valence-electron chi connectivity index (χ1n) is 12.1. The number of fused-ring (bicyclic) bond motifs is 5. The predicted octanol–water partition coefficient (Wildman–Crippen LogP) is 7.05. The fourth-order valence-electron chi connectivity index (χ4n) is 4.52. The highest BCUT2D eigenvalue weighted by Crippen LogP contribution is 2.35. The molecule has 1 aliphatic rings. The van der Waals surface area contributed by atoms with E-state index in [9.17, 15) is 5.11 Å². The van der Waals surface area contributed by atoms with Gasteiger partial charge in [-0.2, -0.15) is 0 Å². The second-order valence-corrected chi connectivity index (χ2v) is 9.22. The first-order chi connectivity index (χ1) is 17.0. The molecule has 1 N–H and O–H groups in total. The van der Waals surface area contributed by atoms with Gasteiger partial charge in [-0.3, -0.25) is 4.98 Å². The number of aryl methyl sites for hydroxylation is 1. The van der Waals surface area contributed by atoms with Crippen molar-refractivity contribution in [3.8, 4) is 5.75 Å². The predicted molar refractivity (Wildman–Crippen MR) is 147 cm³/mol. The van der Waals surface area contributed by atoms with E-state index in [1.165, 1.54) is 46.5 Å². The summed E-state index contributed by atoms with van der Waals surface area (Å²) in [5, 5.41) is 14.8. The lowest BCUT2D eigenvalue weighted by Gasteiger charge is -2.23. The Morgan fingerprint density at radius 2 is 1.54 bits per heavy atom. The minimum absolute atomic E-state index is 0.344. The second-order valence-electron chi connectivity index (χ2n) is 9.22. The lowest BCUT2D eigenvalue weighted by atomic mass is 9.82. The quantitative estimate of drug-likeness (QED) is 0.271. The molecular weight excluding hydrogens is 430 g/mol. The van der Waals surface area contributed by atoms with Crippen molar-refractivity contribution >= 4 is 27.4 Å². The summed E-state index contributed by atoms with van der Waals surface area (Å²) in [4.78, 5) is 9.86. The number of hydrogen-bond acceptors (Lipinski definition) is 4. The molecule has 2 aromatic heterocycles. The van der Waals surface area contributed by atoms with Crippen molar-refractivity contribution in [1.29, 1.82) is 0 Å². The van der Waals surface area contributed by atoms with Gasteiger partial charge in [0, 0.05) is 32.7 Å². The van der Waals surface area contributed by atoms with Gasteiger partial charge in [-0.25, -0.2) is 4.98 Å². The van der Waals surface area contributed by atoms with Crippen molar-refractivity contribution in [2.75, 3.05) is 19.0 Å². The Hall–Kier alpha value is -3.92. The van der Waals surface area contributed by atoms with Crippen LogP contribution in [0.25, 0.3) is 21.5 Å². The molecule has 1 aliphatic carbocycles. The molecule has 0 saturated heterocycles. The fraction of sp³-hybridized carbons (Fsp3) is 0.226. The average Bonchev–Trinajstić information content (AvgIpc) is 2.90. The number of phenols is 1. The third kappa shape index (κ3) is 6.15. The molecule has 6 rings (SSSR count). The standard InChI is InChI=1S/C19H18O.C7H10N2.C5H5N/c1-12-2-7-16-14(10-12)5-9-18-17(16)8-4-13-3-6-15(20)11-19(13)18;1-9(2)7-5-3-4-6-8-7;1-2-4-6-5-3-1/h3-6,8-9,11-12,20H,2,7,10H2,1H3;3-6H,1-2H3;1-5H. The first-order valence-corrected chi connectivity index (χ1v) is 12.1. The van der Waals surface area contributed by atoms with Crippen LogP contribution < -0.4 is 4.90 Å². The minimum atomic E-state index is 0.344. The van der Waals surface area contributed by atoms with Crippen LogP contribution in [0.4, 0.5) is 5.82 Å². The maximum atomic E-state index is 9.76. The highest BCUT2D eigenvalue weighted by atomic mass is 16.3. The molecule has 3 aromatic carbocycles. The van der Waals surface area contributed by atoms with Gasteiger partial charge in [-0.05, 0) is 94.3 Å². The van der Waals surface area contributed by atoms with Crippen LogP contribution in [-0.2, 0) is 12.8 Å². The highest BCUT2D eigenvalue weighted by Gasteiger charge is 2.17. The van der Waals surface area contributed by atoms with Crippen LogP contribution in [0, 0.1) is 5.92 Å². The minimum Gasteiger partial charge on any atom is -0.508 e. The summed E-state index contributed by atoms with van der Waals surface area (Å²) < 4.78 is 0. The first kappa shape index (κ1) is 24.2. The van der Waals surface area contributed by atoms with Crippen LogP contribution in [0.5, 0.6) is 5.75 Å². The fourth-order valence-corrected chi connectivity index (χ4v) is 4.52. The smallest absolute Gasteiger partial charge is 0.127 e. The zero-order valence-electron chi connectivity index (χ0n) is 20.7. The number of phenolic OH excluding ortho intramolecular Hbond substituents is 1. The number of benzene rings is 3. The van der Waals surface area contributed by atoms with Crippen LogP contribution in [-0.4, -0.2) is 29.2 Å². The SMILES string of the molecule is CC1CCc2c(ccc3c2ccc2ccc(O)cc23)C1.CN(C)c1ccccn1.c1ccncc1. The zero-order valence-corrected chi connectivity index (χ0v) is 20.7. The number of nitrogens with zero attached hydrogens (tertiary/aromatic N) is 3. The summed E-state index contributed by atoms with van der Waals surface area (Å²) in [5.74, 6) is 2.14. The van der Waals surface area contributed by atoms with E-state index < -0.39 is 0 Å². The van der Waals surface area contributed by atoms with E-state index in [0.29, 0.717) is 5.75 Å². The molecule has 0 saturated carbocycles. The summed E-state index contributed by atoms with van der Waals surface area (Å²) >= 11 is 0. The summed E-state index contributed by atoms with van der Waals surface area (Å²) in [7, 11) is 3.95. The second kappa shape index (κ2) is 11.5. The highest BCUT2D eigenvalue weighted by molar-refractivity contribution is 6.09. The van der Waals surface area contributed by atoms with Crippen LogP contribution in [0.3, 0.4) is 0 Å². The molecule has 0 radical (unpaired) electrons. The maximum absolute atomic E-state index is 9.76. The van der Waals surface area contributed by atoms with Crippen molar-refractivity contribution in [3.63, 3.8) is 0 Å². The van der Waals surface area contributed by atoms with Crippen LogP contribution in [0.15, 0.2) is 97.5 Å². The molecule has 0 aliphatic heterocycles. The van der Waals surface area contributed by atoms with E-state index in [1.54, 1.807) is 24.7 Å². The summed E-state index contributed by atoms with van der Waals surface area (Å²) in [6.07, 6.45) is 8.95. The van der Waals surface area contributed by atoms with Crippen LogP contribution in [0.2, 0.25) is 0 Å². The molecule has 4 heteroatoms. The Morgan fingerprint density at radius 3 is 2.17 bits per heavy atom. The summed E-state index contributed by atoms with van der Waals surface area (Å²) in [6.45, 7) is 2.34. The zero-order chi connectivity index (χ0) is 24.6. The monoisotopic (exact) mass is 463 g/mol. The van der Waals surface area contributed by atoms with E-state index >= 15 is 0 Å². The number of pyridine rings is 2. The topological polar surface area (TPSA) is 49.2 Å². The van der Waals surface area contributed by atoms with Gasteiger partial charge in [0.25, 0.3) is 0 Å². The van der Waals surface area contributed by atoms with E-state index in [1.807, 2.05) is 67.5 Å². The van der Waals surface area contributed by atoms with Gasteiger partial charge in [0.2, 0.25) is 0 Å². The third-order valence-corrected chi connectivity index (χ3v) is 6.34. The average molecular weight is 464 g/mol. The van der Waals surface area contributed by atoms with E-state index in [2.05, 4.69) is 41.2 Å². The molecule has 0 spiro atoms. The molecule has 5 aromatic rings. The van der Waals surface area contributed by atoms with Crippen molar-refractivity contribution in [2.24, 2.45) is 5.92 Å². The van der Waals surface area contributed by atoms with Crippen molar-refractivity contribution in [1.82, 2.24) is 9.97 Å². The third-order valence-electron chi connectivity index (χ3n) is 6.34. The molecule has 178 valence electrons. The van der Waals surface area contributed by atoms with Gasteiger partial charge in [-0.1, -0.05) is 49.4 Å². The molecule has 0 bridgehead atoms. The van der Waals surface area contributed by atoms with Gasteiger partial charge in [-0.15, -0.1) is 0 Å². The molecule has 0 fully saturated rings. The maximum Gasteiger partial charge on any atom is 0.127 e. The summed E-state index contributed by atoms with van der Waals surface area (Å²) in [5.41, 5.74) is 3.03. The van der Waals surface area contributed by atoms with Gasteiger partial charge in [0.1, 0.15) is 11.6 Å². The van der Waals surface area contributed by atoms with Gasteiger partial charge >= 0.3 is 0 Å². The summed E-state index contributed by atoms with van der Waals surface area (Å²) in [6, 6.07) is 26.2. The number of aromatic hydroxyl groups is 1. The Bertz CT molecular complexity index is 1340. The van der Waals surface area contributed by atoms with Gasteiger partial charge in [0.15, 0.2) is 0 Å². The van der Waals surface area contributed by atoms with E-state index in [4.69, 9.17) is 0 Å². The lowest BCUT2D eigenvalue weighted by molar-refractivity contribution is 0.476. The molecule has 2 heterocycles. The van der Waals surface area contributed by atoms with Crippen molar-refractivity contribution in [2.45, 2.75) is 26.2 Å². The normalized spacial score (nSPS) is 14.2. The van der Waals surface area contributed by atoms with E-state index in [-0.39, 0.29) is 0 Å². The largest absolute Gasteiger partial charge is 0.508 e. The molecule has 1 atom stereocenters. The van der Waals surface area contributed by atoms with Crippen LogP contribution >= 0.6 is 0 Å². The Labute approximate surface area is 207 Å². The van der Waals surface area contributed by atoms with Crippen molar-refractivity contribution in [3.05, 3.63) is 109 Å². The molecule has 0 amide bonds. The van der Waals surface area contributed by atoms with E-state index in [0.717, 1.165) is 17.1 Å². The number of anilines is 1. The molecule has 4 nitrogen and oxygen atoms in total. The Morgan fingerprint density at radius 1 is 0.800 bits per heavy atom. The number of hydrogen-bond donors (Lipinski definition) is 1. The van der Waals surface area contributed by atoms with Crippen molar-refractivity contribution < 1.29 is 5.11 Å². The molecular formula is C31H33N3O. The number of rotatable bonds is 1. The molecule has 1 unspecified atom stereocenters. The van der Waals surface area contributed by atoms with Gasteiger partial charge in [0.05, 0.1) is 0 Å². The Kier molecular flexibility index (Phi) is 7.94. The van der Waals surface area contributed by atoms with Crippen LogP contribution in [0.1, 0.15) is 24.5 Å².